The quantitative estimate of drug-likeness (QED) is 0.747. The van der Waals surface area contributed by atoms with Gasteiger partial charge in [0.1, 0.15) is 5.52 Å². The van der Waals surface area contributed by atoms with Crippen LogP contribution in [0.2, 0.25) is 0 Å². The SMILES string of the molecule is N#Cc1ccc(NC(=O)CSc2nc3ccccc3o2)cc1. The number of nitrogens with zero attached hydrogens (tertiary/aromatic N) is 2. The van der Waals surface area contributed by atoms with Crippen LogP contribution in [-0.4, -0.2) is 16.6 Å². The van der Waals surface area contributed by atoms with E-state index >= 15 is 0 Å². The Balaban J connectivity index is 1.58. The predicted molar refractivity (Wildman–Crippen MR) is 84.5 cm³/mol. The zero-order valence-electron chi connectivity index (χ0n) is 11.4. The first kappa shape index (κ1) is 14.2. The number of benzene rings is 2. The molecular formula is C16H11N3O2S. The van der Waals surface area contributed by atoms with Crippen LogP contribution in [0.1, 0.15) is 5.56 Å². The van der Waals surface area contributed by atoms with Crippen molar-refractivity contribution in [1.82, 2.24) is 4.98 Å². The van der Waals surface area contributed by atoms with Crippen molar-refractivity contribution in [3.05, 3.63) is 54.1 Å². The monoisotopic (exact) mass is 309 g/mol. The van der Waals surface area contributed by atoms with Crippen LogP contribution in [0, 0.1) is 11.3 Å². The molecule has 5 nitrogen and oxygen atoms in total. The number of anilines is 1. The molecule has 2 aromatic carbocycles. The van der Waals surface area contributed by atoms with Crippen LogP contribution in [0.3, 0.4) is 0 Å². The Bertz CT molecular complexity index is 817. The van der Waals surface area contributed by atoms with E-state index in [1.54, 1.807) is 24.3 Å². The maximum atomic E-state index is 11.9. The Morgan fingerprint density at radius 3 is 2.73 bits per heavy atom. The van der Waals surface area contributed by atoms with Gasteiger partial charge in [-0.2, -0.15) is 5.26 Å². The summed E-state index contributed by atoms with van der Waals surface area (Å²) in [5.41, 5.74) is 2.69. The average Bonchev–Trinajstić information content (AvgIpc) is 2.96. The van der Waals surface area contributed by atoms with Gasteiger partial charge in [-0.25, -0.2) is 4.98 Å². The summed E-state index contributed by atoms with van der Waals surface area (Å²) < 4.78 is 5.53. The van der Waals surface area contributed by atoms with Gasteiger partial charge in [0.2, 0.25) is 5.91 Å². The lowest BCUT2D eigenvalue weighted by Crippen LogP contribution is -2.13. The van der Waals surface area contributed by atoms with E-state index in [0.29, 0.717) is 22.1 Å². The molecular weight excluding hydrogens is 298 g/mol. The lowest BCUT2D eigenvalue weighted by molar-refractivity contribution is -0.113. The Kier molecular flexibility index (Phi) is 4.08. The van der Waals surface area contributed by atoms with Crippen LogP contribution in [-0.2, 0) is 4.79 Å². The van der Waals surface area contributed by atoms with Crippen molar-refractivity contribution >= 4 is 34.5 Å². The number of fused-ring (bicyclic) bond motifs is 1. The molecule has 0 spiro atoms. The Morgan fingerprint density at radius 2 is 2.00 bits per heavy atom. The van der Waals surface area contributed by atoms with Crippen molar-refractivity contribution in [2.75, 3.05) is 11.1 Å². The molecule has 22 heavy (non-hydrogen) atoms. The number of hydrogen-bond donors (Lipinski definition) is 1. The molecule has 0 aliphatic rings. The lowest BCUT2D eigenvalue weighted by Gasteiger charge is -2.03. The third kappa shape index (κ3) is 3.27. The molecule has 0 atom stereocenters. The van der Waals surface area contributed by atoms with Gasteiger partial charge in [0.15, 0.2) is 5.58 Å². The maximum absolute atomic E-state index is 11.9. The number of para-hydroxylation sites is 2. The van der Waals surface area contributed by atoms with E-state index in [4.69, 9.17) is 9.68 Å². The van der Waals surface area contributed by atoms with Gasteiger partial charge in [-0.3, -0.25) is 4.79 Å². The summed E-state index contributed by atoms with van der Waals surface area (Å²) in [6.45, 7) is 0. The number of thioether (sulfide) groups is 1. The predicted octanol–water partition coefficient (Wildman–Crippen LogP) is 3.43. The number of hydrogen-bond acceptors (Lipinski definition) is 5. The van der Waals surface area contributed by atoms with E-state index < -0.39 is 0 Å². The molecule has 108 valence electrons. The van der Waals surface area contributed by atoms with Gasteiger partial charge in [-0.05, 0) is 36.4 Å². The number of aromatic nitrogens is 1. The van der Waals surface area contributed by atoms with Crippen molar-refractivity contribution in [3.63, 3.8) is 0 Å². The van der Waals surface area contributed by atoms with E-state index in [9.17, 15) is 4.79 Å². The highest BCUT2D eigenvalue weighted by Crippen LogP contribution is 2.23. The average molecular weight is 309 g/mol. The largest absolute Gasteiger partial charge is 0.431 e. The first-order valence-corrected chi connectivity index (χ1v) is 7.51. The minimum atomic E-state index is -0.156. The number of amides is 1. The van der Waals surface area contributed by atoms with Crippen LogP contribution in [0.5, 0.6) is 0 Å². The number of carbonyl (C=O) groups excluding carboxylic acids is 1. The second-order valence-corrected chi connectivity index (χ2v) is 5.40. The van der Waals surface area contributed by atoms with Gasteiger partial charge in [0.25, 0.3) is 5.22 Å². The zero-order valence-corrected chi connectivity index (χ0v) is 12.3. The molecule has 0 unspecified atom stereocenters. The molecule has 3 aromatic rings. The second-order valence-electron chi connectivity index (χ2n) is 4.47. The van der Waals surface area contributed by atoms with Gasteiger partial charge < -0.3 is 9.73 Å². The summed E-state index contributed by atoms with van der Waals surface area (Å²) in [4.78, 5) is 16.2. The van der Waals surface area contributed by atoms with Gasteiger partial charge in [0.05, 0.1) is 17.4 Å². The molecule has 1 N–H and O–H groups in total. The molecule has 1 aromatic heterocycles. The van der Waals surface area contributed by atoms with Crippen molar-refractivity contribution < 1.29 is 9.21 Å². The smallest absolute Gasteiger partial charge is 0.257 e. The van der Waals surface area contributed by atoms with Crippen molar-refractivity contribution in [2.45, 2.75) is 5.22 Å². The molecule has 1 heterocycles. The molecule has 0 aliphatic carbocycles. The number of rotatable bonds is 4. The van der Waals surface area contributed by atoms with Gasteiger partial charge in [0, 0.05) is 5.69 Å². The van der Waals surface area contributed by atoms with Crippen molar-refractivity contribution in [2.24, 2.45) is 0 Å². The molecule has 0 radical (unpaired) electrons. The topological polar surface area (TPSA) is 78.9 Å². The molecule has 0 saturated heterocycles. The minimum absolute atomic E-state index is 0.156. The van der Waals surface area contributed by atoms with Crippen LogP contribution in [0.25, 0.3) is 11.1 Å². The second kappa shape index (κ2) is 6.33. The lowest BCUT2D eigenvalue weighted by atomic mass is 10.2. The summed E-state index contributed by atoms with van der Waals surface area (Å²) in [5.74, 6) is 0.0456. The number of carbonyl (C=O) groups is 1. The fourth-order valence-corrected chi connectivity index (χ4v) is 2.50. The van der Waals surface area contributed by atoms with Crippen LogP contribution in [0.4, 0.5) is 5.69 Å². The molecule has 0 saturated carbocycles. The van der Waals surface area contributed by atoms with Crippen molar-refractivity contribution in [1.29, 1.82) is 5.26 Å². The molecule has 6 heteroatoms. The summed E-state index contributed by atoms with van der Waals surface area (Å²) >= 11 is 1.24. The molecule has 3 rings (SSSR count). The summed E-state index contributed by atoms with van der Waals surface area (Å²) in [6.07, 6.45) is 0. The first-order valence-electron chi connectivity index (χ1n) is 6.53. The number of nitriles is 1. The Hall–Kier alpha value is -2.78. The van der Waals surface area contributed by atoms with E-state index in [2.05, 4.69) is 10.3 Å². The molecule has 1 amide bonds. The van der Waals surface area contributed by atoms with Crippen molar-refractivity contribution in [3.8, 4) is 6.07 Å². The summed E-state index contributed by atoms with van der Waals surface area (Å²) in [6, 6.07) is 16.2. The summed E-state index contributed by atoms with van der Waals surface area (Å²) in [5, 5.41) is 11.9. The fourth-order valence-electron chi connectivity index (χ4n) is 1.87. The summed E-state index contributed by atoms with van der Waals surface area (Å²) in [7, 11) is 0. The standard InChI is InChI=1S/C16H11N3O2S/c17-9-11-5-7-12(8-6-11)18-15(20)10-22-16-19-13-3-1-2-4-14(13)21-16/h1-8H,10H2,(H,18,20). The molecule has 0 aliphatic heterocycles. The third-order valence-electron chi connectivity index (χ3n) is 2.90. The third-order valence-corrected chi connectivity index (χ3v) is 3.73. The highest BCUT2D eigenvalue weighted by Gasteiger charge is 2.09. The normalized spacial score (nSPS) is 10.3. The van der Waals surface area contributed by atoms with Crippen LogP contribution >= 0.6 is 11.8 Å². The Morgan fingerprint density at radius 1 is 1.23 bits per heavy atom. The highest BCUT2D eigenvalue weighted by molar-refractivity contribution is 7.99. The number of nitrogens with one attached hydrogen (secondary N) is 1. The van der Waals surface area contributed by atoms with E-state index in [-0.39, 0.29) is 11.7 Å². The maximum Gasteiger partial charge on any atom is 0.257 e. The van der Waals surface area contributed by atoms with E-state index in [0.717, 1.165) is 5.52 Å². The van der Waals surface area contributed by atoms with Gasteiger partial charge in [-0.1, -0.05) is 23.9 Å². The van der Waals surface area contributed by atoms with Gasteiger partial charge >= 0.3 is 0 Å². The minimum Gasteiger partial charge on any atom is -0.431 e. The zero-order chi connectivity index (χ0) is 15.4. The highest BCUT2D eigenvalue weighted by atomic mass is 32.2. The Labute approximate surface area is 131 Å². The van der Waals surface area contributed by atoms with Crippen LogP contribution < -0.4 is 5.32 Å². The fraction of sp³-hybridized carbons (Fsp3) is 0.0625. The van der Waals surface area contributed by atoms with E-state index in [1.807, 2.05) is 30.3 Å². The first-order chi connectivity index (χ1) is 10.7. The van der Waals surface area contributed by atoms with E-state index in [1.165, 1.54) is 11.8 Å². The van der Waals surface area contributed by atoms with Gasteiger partial charge in [-0.15, -0.1) is 0 Å². The number of oxazole rings is 1. The molecule has 0 bridgehead atoms. The molecule has 0 fully saturated rings. The van der Waals surface area contributed by atoms with Crippen LogP contribution in [0.15, 0.2) is 58.2 Å².